The summed E-state index contributed by atoms with van der Waals surface area (Å²) in [5, 5.41) is 12.0. The van der Waals surface area contributed by atoms with Crippen LogP contribution in [-0.4, -0.2) is 26.0 Å². The van der Waals surface area contributed by atoms with Crippen molar-refractivity contribution in [2.75, 3.05) is 10.7 Å². The standard InChI is InChI=1S/C24H21N5OS/c1-16-12-14-19(15-13-16)25-23(30)21-20(17-8-4-2-5-9-17)28-29-22(26-27-24(29)31-21)18-10-6-3-7-11-18/h2-15,20-21,28H,1H3,(H,25,30)/t20-,21-/m1/s1. The van der Waals surface area contributed by atoms with Gasteiger partial charge >= 0.3 is 0 Å². The number of fused-ring (bicyclic) bond motifs is 1. The Morgan fingerprint density at radius 3 is 2.32 bits per heavy atom. The van der Waals surface area contributed by atoms with Gasteiger partial charge in [0.2, 0.25) is 11.1 Å². The molecule has 4 aromatic rings. The summed E-state index contributed by atoms with van der Waals surface area (Å²) in [7, 11) is 0. The number of carbonyl (C=O) groups excluding carboxylic acids is 1. The molecule has 0 spiro atoms. The van der Waals surface area contributed by atoms with Crippen LogP contribution in [0.25, 0.3) is 11.4 Å². The molecule has 1 amide bonds. The average molecular weight is 428 g/mol. The molecule has 7 heteroatoms. The van der Waals surface area contributed by atoms with Crippen LogP contribution >= 0.6 is 11.8 Å². The Labute approximate surface area is 184 Å². The number of carbonyl (C=O) groups is 1. The predicted molar refractivity (Wildman–Crippen MR) is 123 cm³/mol. The van der Waals surface area contributed by atoms with Crippen LogP contribution in [0.4, 0.5) is 5.69 Å². The molecule has 2 atom stereocenters. The molecule has 0 aliphatic carbocycles. The highest BCUT2D eigenvalue weighted by atomic mass is 32.2. The molecule has 1 aliphatic rings. The van der Waals surface area contributed by atoms with Gasteiger partial charge in [0.25, 0.3) is 0 Å². The molecule has 0 radical (unpaired) electrons. The highest BCUT2D eigenvalue weighted by Crippen LogP contribution is 2.38. The molecule has 0 saturated heterocycles. The predicted octanol–water partition coefficient (Wildman–Crippen LogP) is 4.65. The third kappa shape index (κ3) is 3.92. The van der Waals surface area contributed by atoms with Crippen LogP contribution < -0.4 is 10.7 Å². The highest BCUT2D eigenvalue weighted by molar-refractivity contribution is 8.00. The van der Waals surface area contributed by atoms with Crippen LogP contribution in [0, 0.1) is 6.92 Å². The van der Waals surface area contributed by atoms with Crippen LogP contribution in [0.3, 0.4) is 0 Å². The van der Waals surface area contributed by atoms with Gasteiger partial charge in [0.15, 0.2) is 5.82 Å². The maximum absolute atomic E-state index is 13.3. The molecule has 0 unspecified atom stereocenters. The molecule has 1 aromatic heterocycles. The number of hydrogen-bond acceptors (Lipinski definition) is 5. The molecule has 154 valence electrons. The van der Waals surface area contributed by atoms with Gasteiger partial charge in [0, 0.05) is 11.3 Å². The number of rotatable bonds is 4. The number of nitrogens with one attached hydrogen (secondary N) is 2. The number of thioether (sulfide) groups is 1. The third-order valence-corrected chi connectivity index (χ3v) is 6.42. The van der Waals surface area contributed by atoms with Crippen molar-refractivity contribution in [3.05, 3.63) is 96.1 Å². The summed E-state index contributed by atoms with van der Waals surface area (Å²) in [6.45, 7) is 2.02. The molecule has 3 aromatic carbocycles. The lowest BCUT2D eigenvalue weighted by Crippen LogP contribution is -2.41. The Bertz CT molecular complexity index is 1190. The Morgan fingerprint density at radius 1 is 0.935 bits per heavy atom. The SMILES string of the molecule is Cc1ccc(NC(=O)[C@@H]2Sc3nnc(-c4ccccc4)n3N[C@@H]2c2ccccc2)cc1. The van der Waals surface area contributed by atoms with Gasteiger partial charge in [-0.1, -0.05) is 90.1 Å². The largest absolute Gasteiger partial charge is 0.325 e. The molecule has 0 saturated carbocycles. The molecule has 2 N–H and O–H groups in total. The smallest absolute Gasteiger partial charge is 0.240 e. The molecule has 6 nitrogen and oxygen atoms in total. The number of anilines is 1. The molecular formula is C24H21N5OS. The summed E-state index contributed by atoms with van der Waals surface area (Å²) >= 11 is 1.42. The number of nitrogens with zero attached hydrogens (tertiary/aromatic N) is 3. The van der Waals surface area contributed by atoms with E-state index in [9.17, 15) is 4.79 Å². The second kappa shape index (κ2) is 8.28. The first-order valence-corrected chi connectivity index (χ1v) is 10.9. The summed E-state index contributed by atoms with van der Waals surface area (Å²) in [5.74, 6) is 0.646. The van der Waals surface area contributed by atoms with Crippen molar-refractivity contribution in [2.24, 2.45) is 0 Å². The quantitative estimate of drug-likeness (QED) is 0.496. The topological polar surface area (TPSA) is 71.8 Å². The van der Waals surface area contributed by atoms with E-state index in [-0.39, 0.29) is 11.9 Å². The van der Waals surface area contributed by atoms with Gasteiger partial charge in [-0.25, -0.2) is 4.68 Å². The Hall–Kier alpha value is -3.58. The molecule has 5 rings (SSSR count). The zero-order valence-electron chi connectivity index (χ0n) is 16.9. The van der Waals surface area contributed by atoms with Crippen molar-refractivity contribution < 1.29 is 4.79 Å². The van der Waals surface area contributed by atoms with E-state index in [1.807, 2.05) is 96.5 Å². The zero-order valence-corrected chi connectivity index (χ0v) is 17.7. The molecule has 1 aliphatic heterocycles. The van der Waals surface area contributed by atoms with Gasteiger partial charge in [-0.15, -0.1) is 10.2 Å². The molecule has 0 bridgehead atoms. The minimum Gasteiger partial charge on any atom is -0.325 e. The van der Waals surface area contributed by atoms with Crippen molar-refractivity contribution in [1.82, 2.24) is 14.9 Å². The van der Waals surface area contributed by atoms with E-state index in [0.29, 0.717) is 5.16 Å². The third-order valence-electron chi connectivity index (χ3n) is 5.20. The van der Waals surface area contributed by atoms with Gasteiger partial charge in [-0.3, -0.25) is 4.79 Å². The number of benzene rings is 3. The number of hydrogen-bond donors (Lipinski definition) is 2. The van der Waals surface area contributed by atoms with E-state index < -0.39 is 5.25 Å². The first kappa shape index (κ1) is 19.4. The number of amides is 1. The second-order valence-corrected chi connectivity index (χ2v) is 8.53. The minimum absolute atomic E-state index is 0.0780. The van der Waals surface area contributed by atoms with Crippen molar-refractivity contribution >= 4 is 23.4 Å². The molecular weight excluding hydrogens is 406 g/mol. The summed E-state index contributed by atoms with van der Waals surface area (Å²) in [6, 6.07) is 27.5. The summed E-state index contributed by atoms with van der Waals surface area (Å²) in [6.07, 6.45) is 0. The van der Waals surface area contributed by atoms with Gasteiger partial charge in [0.1, 0.15) is 5.25 Å². The number of aryl methyl sites for hydroxylation is 1. The zero-order chi connectivity index (χ0) is 21.2. The van der Waals surface area contributed by atoms with Crippen LogP contribution in [-0.2, 0) is 4.79 Å². The van der Waals surface area contributed by atoms with E-state index in [2.05, 4.69) is 20.9 Å². The first-order valence-electron chi connectivity index (χ1n) is 10.1. The van der Waals surface area contributed by atoms with Crippen LogP contribution in [0.15, 0.2) is 90.1 Å². The van der Waals surface area contributed by atoms with Crippen molar-refractivity contribution in [3.63, 3.8) is 0 Å². The van der Waals surface area contributed by atoms with Gasteiger partial charge < -0.3 is 10.7 Å². The van der Waals surface area contributed by atoms with E-state index in [0.717, 1.165) is 28.2 Å². The maximum Gasteiger partial charge on any atom is 0.240 e. The normalized spacial score (nSPS) is 17.5. The van der Waals surface area contributed by atoms with Gasteiger partial charge in [0.05, 0.1) is 6.04 Å². The van der Waals surface area contributed by atoms with E-state index in [1.54, 1.807) is 0 Å². The second-order valence-electron chi connectivity index (χ2n) is 7.42. The van der Waals surface area contributed by atoms with Crippen molar-refractivity contribution in [1.29, 1.82) is 0 Å². The molecule has 0 fully saturated rings. The Balaban J connectivity index is 1.50. The van der Waals surface area contributed by atoms with Crippen LogP contribution in [0.1, 0.15) is 17.2 Å². The fraction of sp³-hybridized carbons (Fsp3) is 0.125. The Kier molecular flexibility index (Phi) is 5.18. The lowest BCUT2D eigenvalue weighted by atomic mass is 10.0. The van der Waals surface area contributed by atoms with E-state index in [1.165, 1.54) is 11.8 Å². The summed E-state index contributed by atoms with van der Waals surface area (Å²) in [4.78, 5) is 13.3. The fourth-order valence-corrected chi connectivity index (χ4v) is 4.67. The lowest BCUT2D eigenvalue weighted by molar-refractivity contribution is -0.116. The highest BCUT2D eigenvalue weighted by Gasteiger charge is 2.38. The van der Waals surface area contributed by atoms with E-state index in [4.69, 9.17) is 0 Å². The van der Waals surface area contributed by atoms with Crippen LogP contribution in [0.5, 0.6) is 0 Å². The van der Waals surface area contributed by atoms with E-state index >= 15 is 0 Å². The lowest BCUT2D eigenvalue weighted by Gasteiger charge is -2.33. The van der Waals surface area contributed by atoms with Crippen LogP contribution in [0.2, 0.25) is 0 Å². The first-order chi connectivity index (χ1) is 15.2. The average Bonchev–Trinajstić information content (AvgIpc) is 3.24. The molecule has 31 heavy (non-hydrogen) atoms. The van der Waals surface area contributed by atoms with Gasteiger partial charge in [-0.2, -0.15) is 0 Å². The van der Waals surface area contributed by atoms with Crippen molar-refractivity contribution in [3.8, 4) is 11.4 Å². The maximum atomic E-state index is 13.3. The fourth-order valence-electron chi connectivity index (χ4n) is 3.59. The monoisotopic (exact) mass is 427 g/mol. The summed E-state index contributed by atoms with van der Waals surface area (Å²) in [5.41, 5.74) is 7.41. The van der Waals surface area contributed by atoms with Gasteiger partial charge in [-0.05, 0) is 24.6 Å². The number of aromatic nitrogens is 3. The Morgan fingerprint density at radius 2 is 1.61 bits per heavy atom. The van der Waals surface area contributed by atoms with Crippen molar-refractivity contribution in [2.45, 2.75) is 23.4 Å². The molecule has 2 heterocycles. The summed E-state index contributed by atoms with van der Waals surface area (Å²) < 4.78 is 1.88. The minimum atomic E-state index is -0.413.